The number of ether oxygens (including phenoxy) is 1. The van der Waals surface area contributed by atoms with Crippen LogP contribution in [0.25, 0.3) is 0 Å². The summed E-state index contributed by atoms with van der Waals surface area (Å²) in [5.74, 6) is 0.829. The lowest BCUT2D eigenvalue weighted by molar-refractivity contribution is -0.00324. The van der Waals surface area contributed by atoms with Gasteiger partial charge in [-0.25, -0.2) is 0 Å². The summed E-state index contributed by atoms with van der Waals surface area (Å²) in [6.45, 7) is 4.62. The van der Waals surface area contributed by atoms with Crippen LogP contribution in [0.2, 0.25) is 0 Å². The van der Waals surface area contributed by atoms with Gasteiger partial charge in [-0.15, -0.1) is 0 Å². The number of hydrogen-bond acceptors (Lipinski definition) is 3. The minimum Gasteiger partial charge on any atom is -0.380 e. The number of carbonyl (C=O) groups is 1. The molecule has 2 aliphatic rings. The number of fused-ring (bicyclic) bond motifs is 1. The predicted molar refractivity (Wildman–Crippen MR) is 83.8 cm³/mol. The number of hydrogen-bond donors (Lipinski definition) is 0. The zero-order valence-electron chi connectivity index (χ0n) is 13.1. The number of methoxy groups -OCH3 is 1. The van der Waals surface area contributed by atoms with Crippen LogP contribution in [0.1, 0.15) is 41.3 Å². The van der Waals surface area contributed by atoms with Gasteiger partial charge < -0.3 is 4.74 Å². The van der Waals surface area contributed by atoms with Crippen molar-refractivity contribution in [2.45, 2.75) is 38.7 Å². The molecule has 0 spiro atoms. The van der Waals surface area contributed by atoms with E-state index in [1.165, 1.54) is 24.0 Å². The first kappa shape index (κ1) is 14.7. The van der Waals surface area contributed by atoms with Gasteiger partial charge in [-0.3, -0.25) is 9.69 Å². The van der Waals surface area contributed by atoms with E-state index in [0.29, 0.717) is 12.5 Å². The van der Waals surface area contributed by atoms with Crippen LogP contribution < -0.4 is 0 Å². The van der Waals surface area contributed by atoms with Crippen LogP contribution in [-0.2, 0) is 17.6 Å². The second kappa shape index (κ2) is 6.29. The Balaban J connectivity index is 1.64. The van der Waals surface area contributed by atoms with Crippen molar-refractivity contribution in [3.05, 3.63) is 34.9 Å². The van der Waals surface area contributed by atoms with Crippen molar-refractivity contribution in [2.24, 2.45) is 5.92 Å². The van der Waals surface area contributed by atoms with Crippen LogP contribution in [0, 0.1) is 5.92 Å². The third kappa shape index (κ3) is 3.19. The average molecular weight is 287 g/mol. The average Bonchev–Trinajstić information content (AvgIpc) is 2.96. The van der Waals surface area contributed by atoms with Crippen molar-refractivity contribution in [3.8, 4) is 0 Å². The van der Waals surface area contributed by atoms with E-state index in [0.717, 1.165) is 31.5 Å². The number of rotatable bonds is 4. The highest BCUT2D eigenvalue weighted by Crippen LogP contribution is 2.24. The van der Waals surface area contributed by atoms with Crippen LogP contribution in [-0.4, -0.2) is 43.5 Å². The minimum absolute atomic E-state index is 0.245. The summed E-state index contributed by atoms with van der Waals surface area (Å²) in [5, 5.41) is 0. The molecule has 1 saturated heterocycles. The van der Waals surface area contributed by atoms with Crippen LogP contribution >= 0.6 is 0 Å². The standard InChI is InChI=1S/C18H25NO2/c1-13-8-9-19(12-18(13)21-2)11-17(20)16-7-6-14-4-3-5-15(14)10-16/h6-7,10,13,18H,3-5,8-9,11-12H2,1-2H3. The van der Waals surface area contributed by atoms with Gasteiger partial charge in [-0.05, 0) is 55.3 Å². The summed E-state index contributed by atoms with van der Waals surface area (Å²) in [7, 11) is 1.77. The zero-order chi connectivity index (χ0) is 14.8. The Kier molecular flexibility index (Phi) is 4.41. The quantitative estimate of drug-likeness (QED) is 0.798. The third-order valence-electron chi connectivity index (χ3n) is 5.06. The SMILES string of the molecule is COC1CN(CC(=O)c2ccc3c(c2)CCC3)CCC1C. The van der Waals surface area contributed by atoms with Gasteiger partial charge in [0.15, 0.2) is 5.78 Å². The number of likely N-dealkylation sites (tertiary alicyclic amines) is 1. The Morgan fingerprint density at radius 3 is 2.95 bits per heavy atom. The fourth-order valence-electron chi connectivity index (χ4n) is 3.59. The van der Waals surface area contributed by atoms with E-state index in [-0.39, 0.29) is 11.9 Å². The van der Waals surface area contributed by atoms with Gasteiger partial charge in [0, 0.05) is 19.2 Å². The minimum atomic E-state index is 0.245. The van der Waals surface area contributed by atoms with Crippen molar-refractivity contribution in [1.29, 1.82) is 0 Å². The summed E-state index contributed by atoms with van der Waals surface area (Å²) < 4.78 is 5.53. The highest BCUT2D eigenvalue weighted by molar-refractivity contribution is 5.97. The molecule has 1 aliphatic carbocycles. The van der Waals surface area contributed by atoms with Crippen molar-refractivity contribution < 1.29 is 9.53 Å². The van der Waals surface area contributed by atoms with E-state index in [9.17, 15) is 4.79 Å². The highest BCUT2D eigenvalue weighted by atomic mass is 16.5. The number of benzene rings is 1. The maximum absolute atomic E-state index is 12.5. The molecule has 0 N–H and O–H groups in total. The number of piperidine rings is 1. The highest BCUT2D eigenvalue weighted by Gasteiger charge is 2.27. The first-order valence-corrected chi connectivity index (χ1v) is 8.07. The van der Waals surface area contributed by atoms with Crippen molar-refractivity contribution in [3.63, 3.8) is 0 Å². The number of ketones is 1. The first-order chi connectivity index (χ1) is 10.2. The molecule has 2 unspecified atom stereocenters. The molecule has 114 valence electrons. The van der Waals surface area contributed by atoms with E-state index >= 15 is 0 Å². The normalized spacial score (nSPS) is 25.8. The molecule has 0 amide bonds. The van der Waals surface area contributed by atoms with Gasteiger partial charge in [0.1, 0.15) is 0 Å². The molecular weight excluding hydrogens is 262 g/mol. The number of Topliss-reactive ketones (excluding diaryl/α,β-unsaturated/α-hetero) is 1. The van der Waals surface area contributed by atoms with Gasteiger partial charge in [-0.2, -0.15) is 0 Å². The summed E-state index contributed by atoms with van der Waals surface area (Å²) in [6, 6.07) is 6.27. The lowest BCUT2D eigenvalue weighted by Gasteiger charge is -2.35. The van der Waals surface area contributed by atoms with E-state index in [1.54, 1.807) is 7.11 Å². The van der Waals surface area contributed by atoms with E-state index in [4.69, 9.17) is 4.74 Å². The van der Waals surface area contributed by atoms with Gasteiger partial charge in [-0.1, -0.05) is 19.1 Å². The van der Waals surface area contributed by atoms with Crippen molar-refractivity contribution >= 4 is 5.78 Å². The van der Waals surface area contributed by atoms with Crippen LogP contribution in [0.3, 0.4) is 0 Å². The molecule has 1 aromatic carbocycles. The smallest absolute Gasteiger partial charge is 0.176 e. The Morgan fingerprint density at radius 1 is 1.33 bits per heavy atom. The Hall–Kier alpha value is -1.19. The summed E-state index contributed by atoms with van der Waals surface area (Å²) in [6.07, 6.45) is 4.89. The van der Waals surface area contributed by atoms with Crippen LogP contribution in [0.4, 0.5) is 0 Å². The monoisotopic (exact) mass is 287 g/mol. The number of aryl methyl sites for hydroxylation is 2. The second-order valence-electron chi connectivity index (χ2n) is 6.54. The molecule has 3 rings (SSSR count). The molecule has 0 radical (unpaired) electrons. The molecule has 1 heterocycles. The van der Waals surface area contributed by atoms with Gasteiger partial charge >= 0.3 is 0 Å². The molecule has 0 aromatic heterocycles. The number of nitrogens with zero attached hydrogens (tertiary/aromatic N) is 1. The van der Waals surface area contributed by atoms with E-state index in [2.05, 4.69) is 24.0 Å². The predicted octanol–water partition coefficient (Wildman–Crippen LogP) is 2.71. The topological polar surface area (TPSA) is 29.5 Å². The van der Waals surface area contributed by atoms with Gasteiger partial charge in [0.2, 0.25) is 0 Å². The molecule has 3 heteroatoms. The van der Waals surface area contributed by atoms with Crippen molar-refractivity contribution in [2.75, 3.05) is 26.7 Å². The fraction of sp³-hybridized carbons (Fsp3) is 0.611. The summed E-state index contributed by atoms with van der Waals surface area (Å²) >= 11 is 0. The lowest BCUT2D eigenvalue weighted by atomic mass is 9.95. The van der Waals surface area contributed by atoms with E-state index < -0.39 is 0 Å². The first-order valence-electron chi connectivity index (χ1n) is 8.07. The molecule has 1 aromatic rings. The van der Waals surface area contributed by atoms with Gasteiger partial charge in [0.05, 0.1) is 12.6 Å². The van der Waals surface area contributed by atoms with Crippen LogP contribution in [0.15, 0.2) is 18.2 Å². The molecular formula is C18H25NO2. The summed E-state index contributed by atoms with van der Waals surface area (Å²) in [5.41, 5.74) is 3.68. The zero-order valence-corrected chi connectivity index (χ0v) is 13.1. The molecule has 3 nitrogen and oxygen atoms in total. The molecule has 2 atom stereocenters. The summed E-state index contributed by atoms with van der Waals surface area (Å²) in [4.78, 5) is 14.7. The van der Waals surface area contributed by atoms with Gasteiger partial charge in [0.25, 0.3) is 0 Å². The molecule has 1 aliphatic heterocycles. The largest absolute Gasteiger partial charge is 0.380 e. The number of carbonyl (C=O) groups excluding carboxylic acids is 1. The second-order valence-corrected chi connectivity index (χ2v) is 6.54. The molecule has 0 saturated carbocycles. The molecule has 0 bridgehead atoms. The maximum Gasteiger partial charge on any atom is 0.176 e. The molecule has 21 heavy (non-hydrogen) atoms. The van der Waals surface area contributed by atoms with E-state index in [1.807, 2.05) is 6.07 Å². The maximum atomic E-state index is 12.5. The lowest BCUT2D eigenvalue weighted by Crippen LogP contribution is -2.45. The molecule has 1 fully saturated rings. The third-order valence-corrected chi connectivity index (χ3v) is 5.06. The Labute approximate surface area is 127 Å². The Bertz CT molecular complexity index is 526. The fourth-order valence-corrected chi connectivity index (χ4v) is 3.59. The van der Waals surface area contributed by atoms with Crippen molar-refractivity contribution in [1.82, 2.24) is 4.90 Å². The van der Waals surface area contributed by atoms with Crippen LogP contribution in [0.5, 0.6) is 0 Å². The Morgan fingerprint density at radius 2 is 2.14 bits per heavy atom.